The van der Waals surface area contributed by atoms with Gasteiger partial charge >= 0.3 is 0 Å². The van der Waals surface area contributed by atoms with Gasteiger partial charge in [-0.3, -0.25) is 4.72 Å². The van der Waals surface area contributed by atoms with Crippen LogP contribution in [0.25, 0.3) is 11.1 Å². The molecule has 0 spiro atoms. The van der Waals surface area contributed by atoms with Crippen molar-refractivity contribution in [1.82, 2.24) is 0 Å². The standard InChI is InChI=1S/C18H13F2NO2S/c19-17-11-10-16(12-18(17)20)24(22,23)21-15-8-6-14(7-9-15)13-4-2-1-3-5-13/h1-12,21H. The lowest BCUT2D eigenvalue weighted by molar-refractivity contribution is 0.504. The number of anilines is 1. The third-order valence-electron chi connectivity index (χ3n) is 3.45. The van der Waals surface area contributed by atoms with Crippen molar-refractivity contribution in [3.63, 3.8) is 0 Å². The molecule has 0 aliphatic carbocycles. The molecule has 0 fully saturated rings. The third kappa shape index (κ3) is 3.44. The molecule has 0 saturated heterocycles. The van der Waals surface area contributed by atoms with Gasteiger partial charge in [-0.1, -0.05) is 42.5 Å². The van der Waals surface area contributed by atoms with E-state index in [9.17, 15) is 17.2 Å². The molecule has 0 radical (unpaired) electrons. The fraction of sp³-hybridized carbons (Fsp3) is 0. The van der Waals surface area contributed by atoms with E-state index in [-0.39, 0.29) is 4.90 Å². The number of nitrogens with one attached hydrogen (secondary N) is 1. The summed E-state index contributed by atoms with van der Waals surface area (Å²) in [6, 6.07) is 18.8. The quantitative estimate of drug-likeness (QED) is 0.760. The van der Waals surface area contributed by atoms with Crippen molar-refractivity contribution in [2.45, 2.75) is 4.90 Å². The lowest BCUT2D eigenvalue weighted by atomic mass is 10.1. The molecule has 0 unspecified atom stereocenters. The van der Waals surface area contributed by atoms with Gasteiger partial charge < -0.3 is 0 Å². The third-order valence-corrected chi connectivity index (χ3v) is 4.82. The lowest BCUT2D eigenvalue weighted by Crippen LogP contribution is -2.13. The van der Waals surface area contributed by atoms with Crippen LogP contribution in [0.3, 0.4) is 0 Å². The molecule has 0 atom stereocenters. The summed E-state index contributed by atoms with van der Waals surface area (Å²) >= 11 is 0. The highest BCUT2D eigenvalue weighted by Gasteiger charge is 2.16. The summed E-state index contributed by atoms with van der Waals surface area (Å²) < 4.78 is 52.9. The molecule has 0 aromatic heterocycles. The van der Waals surface area contributed by atoms with Crippen molar-refractivity contribution in [2.24, 2.45) is 0 Å². The molecule has 0 saturated carbocycles. The average molecular weight is 345 g/mol. The topological polar surface area (TPSA) is 46.2 Å². The molecule has 1 N–H and O–H groups in total. The summed E-state index contributed by atoms with van der Waals surface area (Å²) in [5.41, 5.74) is 2.28. The van der Waals surface area contributed by atoms with Crippen molar-refractivity contribution >= 4 is 15.7 Å². The van der Waals surface area contributed by atoms with Crippen molar-refractivity contribution in [3.05, 3.63) is 84.4 Å². The van der Waals surface area contributed by atoms with Crippen LogP contribution in [-0.4, -0.2) is 8.42 Å². The van der Waals surface area contributed by atoms with Gasteiger partial charge in [-0.15, -0.1) is 0 Å². The van der Waals surface area contributed by atoms with Crippen molar-refractivity contribution in [3.8, 4) is 11.1 Å². The molecule has 24 heavy (non-hydrogen) atoms. The summed E-state index contributed by atoms with van der Waals surface area (Å²) in [6.45, 7) is 0. The summed E-state index contributed by atoms with van der Waals surface area (Å²) in [4.78, 5) is -0.339. The fourth-order valence-electron chi connectivity index (χ4n) is 2.22. The molecule has 122 valence electrons. The van der Waals surface area contributed by atoms with Gasteiger partial charge in [0.15, 0.2) is 11.6 Å². The second-order valence-corrected chi connectivity index (χ2v) is 6.81. The molecule has 3 nitrogen and oxygen atoms in total. The summed E-state index contributed by atoms with van der Waals surface area (Å²) in [6.07, 6.45) is 0. The van der Waals surface area contributed by atoms with Crippen LogP contribution in [0, 0.1) is 11.6 Å². The second-order valence-electron chi connectivity index (χ2n) is 5.12. The van der Waals surface area contributed by atoms with E-state index >= 15 is 0 Å². The monoisotopic (exact) mass is 345 g/mol. The van der Waals surface area contributed by atoms with Crippen LogP contribution in [0.15, 0.2) is 77.7 Å². The van der Waals surface area contributed by atoms with Crippen LogP contribution >= 0.6 is 0 Å². The van der Waals surface area contributed by atoms with E-state index in [2.05, 4.69) is 4.72 Å². The van der Waals surface area contributed by atoms with Crippen molar-refractivity contribution < 1.29 is 17.2 Å². The average Bonchev–Trinajstić information content (AvgIpc) is 2.58. The maximum absolute atomic E-state index is 13.2. The van der Waals surface area contributed by atoms with Gasteiger partial charge in [0.1, 0.15) is 0 Å². The molecule has 0 bridgehead atoms. The van der Waals surface area contributed by atoms with E-state index in [1.807, 2.05) is 30.3 Å². The Bertz CT molecular complexity index is 956. The minimum atomic E-state index is -3.99. The minimum absolute atomic E-state index is 0.333. The molecule has 6 heteroatoms. The first-order chi connectivity index (χ1) is 11.5. The van der Waals surface area contributed by atoms with Crippen LogP contribution in [0.1, 0.15) is 0 Å². The number of hydrogen-bond donors (Lipinski definition) is 1. The number of sulfonamides is 1. The van der Waals surface area contributed by atoms with Crippen LogP contribution < -0.4 is 4.72 Å². The normalized spacial score (nSPS) is 11.2. The van der Waals surface area contributed by atoms with Gasteiger partial charge in [0.05, 0.1) is 4.90 Å². The Morgan fingerprint density at radius 3 is 1.96 bits per heavy atom. The molecular formula is C18H13F2NO2S. The molecule has 0 aliphatic heterocycles. The predicted octanol–water partition coefficient (Wildman–Crippen LogP) is 4.43. The molecule has 0 amide bonds. The maximum Gasteiger partial charge on any atom is 0.261 e. The molecule has 3 aromatic rings. The summed E-state index contributed by atoms with van der Waals surface area (Å²) in [5, 5.41) is 0. The van der Waals surface area contributed by atoms with Gasteiger partial charge in [-0.25, -0.2) is 17.2 Å². The van der Waals surface area contributed by atoms with E-state index in [1.165, 1.54) is 0 Å². The Hall–Kier alpha value is -2.73. The SMILES string of the molecule is O=S(=O)(Nc1ccc(-c2ccccc2)cc1)c1ccc(F)c(F)c1. The molecule has 0 aliphatic rings. The van der Waals surface area contributed by atoms with Gasteiger partial charge in [0, 0.05) is 5.69 Å². The Labute approximate surface area is 138 Å². The Morgan fingerprint density at radius 1 is 0.708 bits per heavy atom. The van der Waals surface area contributed by atoms with E-state index in [0.717, 1.165) is 23.3 Å². The lowest BCUT2D eigenvalue weighted by Gasteiger charge is -2.09. The van der Waals surface area contributed by atoms with E-state index < -0.39 is 21.7 Å². The highest BCUT2D eigenvalue weighted by atomic mass is 32.2. The molecule has 0 heterocycles. The number of hydrogen-bond acceptors (Lipinski definition) is 2. The van der Waals surface area contributed by atoms with E-state index in [1.54, 1.807) is 24.3 Å². The highest BCUT2D eigenvalue weighted by molar-refractivity contribution is 7.92. The summed E-state index contributed by atoms with van der Waals surface area (Å²) in [5.74, 6) is -2.31. The number of benzene rings is 3. The van der Waals surface area contributed by atoms with Gasteiger partial charge in [-0.05, 0) is 41.5 Å². The number of rotatable bonds is 4. The van der Waals surface area contributed by atoms with Crippen LogP contribution in [0.4, 0.5) is 14.5 Å². The van der Waals surface area contributed by atoms with Gasteiger partial charge in [-0.2, -0.15) is 0 Å². The zero-order valence-corrected chi connectivity index (χ0v) is 13.2. The first kappa shape index (κ1) is 16.1. The van der Waals surface area contributed by atoms with Gasteiger partial charge in [0.2, 0.25) is 0 Å². The minimum Gasteiger partial charge on any atom is -0.280 e. The first-order valence-corrected chi connectivity index (χ1v) is 8.57. The predicted molar refractivity (Wildman–Crippen MR) is 89.0 cm³/mol. The zero-order chi connectivity index (χ0) is 17.2. The Balaban J connectivity index is 1.84. The van der Waals surface area contributed by atoms with Crippen LogP contribution in [0.2, 0.25) is 0 Å². The number of halogens is 2. The second kappa shape index (κ2) is 6.41. The van der Waals surface area contributed by atoms with Crippen LogP contribution in [-0.2, 0) is 10.0 Å². The maximum atomic E-state index is 13.2. The molecule has 3 rings (SSSR count). The highest BCUT2D eigenvalue weighted by Crippen LogP contribution is 2.23. The summed E-state index contributed by atoms with van der Waals surface area (Å²) in [7, 11) is -3.99. The van der Waals surface area contributed by atoms with Crippen molar-refractivity contribution in [1.29, 1.82) is 0 Å². The largest absolute Gasteiger partial charge is 0.280 e. The Kier molecular flexibility index (Phi) is 4.31. The first-order valence-electron chi connectivity index (χ1n) is 7.09. The Morgan fingerprint density at radius 2 is 1.33 bits per heavy atom. The smallest absolute Gasteiger partial charge is 0.261 e. The molecule has 3 aromatic carbocycles. The van der Waals surface area contributed by atoms with Crippen LogP contribution in [0.5, 0.6) is 0 Å². The van der Waals surface area contributed by atoms with E-state index in [4.69, 9.17) is 0 Å². The molecular weight excluding hydrogens is 332 g/mol. The fourth-order valence-corrected chi connectivity index (χ4v) is 3.29. The van der Waals surface area contributed by atoms with Crippen molar-refractivity contribution in [2.75, 3.05) is 4.72 Å². The van der Waals surface area contributed by atoms with Gasteiger partial charge in [0.25, 0.3) is 10.0 Å². The zero-order valence-electron chi connectivity index (χ0n) is 12.4. The van der Waals surface area contributed by atoms with E-state index in [0.29, 0.717) is 11.8 Å².